The highest BCUT2D eigenvalue weighted by Crippen LogP contribution is 2.41. The maximum Gasteiger partial charge on any atom is 0.407 e. The normalized spacial score (nSPS) is 16.4. The van der Waals surface area contributed by atoms with E-state index in [1.165, 1.54) is 13.4 Å². The van der Waals surface area contributed by atoms with Crippen LogP contribution in [0.25, 0.3) is 33.7 Å². The van der Waals surface area contributed by atoms with Gasteiger partial charge >= 0.3 is 12.3 Å². The van der Waals surface area contributed by atoms with E-state index >= 15 is 0 Å². The molecule has 10 nitrogen and oxygen atoms in total. The van der Waals surface area contributed by atoms with Gasteiger partial charge in [0.25, 0.3) is 5.91 Å². The van der Waals surface area contributed by atoms with Crippen LogP contribution >= 0.6 is 0 Å². The lowest BCUT2D eigenvalue weighted by Crippen LogP contribution is -2.50. The average molecular weight is 632 g/mol. The molecule has 1 aliphatic heterocycles. The maximum absolute atomic E-state index is 14.2. The van der Waals surface area contributed by atoms with Crippen LogP contribution in [0.2, 0.25) is 0 Å². The second-order valence-corrected chi connectivity index (χ2v) is 13.6. The number of aryl methyl sites for hydroxylation is 1. The van der Waals surface area contributed by atoms with Crippen LogP contribution in [0.1, 0.15) is 70.3 Å². The molecule has 1 N–H and O–H groups in total. The summed E-state index contributed by atoms with van der Waals surface area (Å²) in [6.07, 6.45) is -2.31. The highest BCUT2D eigenvalue weighted by atomic mass is 19.4. The fourth-order valence-corrected chi connectivity index (χ4v) is 6.09. The smallest absolute Gasteiger partial charge is 0.407 e. The van der Waals surface area contributed by atoms with E-state index in [1.807, 2.05) is 20.8 Å². The summed E-state index contributed by atoms with van der Waals surface area (Å²) in [6.45, 7) is 10.8. The van der Waals surface area contributed by atoms with Crippen LogP contribution in [0.15, 0.2) is 28.9 Å². The molecule has 0 bridgehead atoms. The van der Waals surface area contributed by atoms with E-state index in [0.717, 1.165) is 4.57 Å². The van der Waals surface area contributed by atoms with Crippen LogP contribution in [0.3, 0.4) is 0 Å². The molecule has 1 aromatic carbocycles. The van der Waals surface area contributed by atoms with Crippen molar-refractivity contribution < 1.29 is 36.7 Å². The number of aromatic nitrogens is 3. The van der Waals surface area contributed by atoms with Crippen molar-refractivity contribution >= 4 is 34.1 Å². The number of ether oxygens (including phenoxy) is 2. The summed E-state index contributed by atoms with van der Waals surface area (Å²) in [7, 11) is 3.19. The number of carbonyl (C=O) groups is 2. The number of benzene rings is 1. The van der Waals surface area contributed by atoms with Crippen molar-refractivity contribution in [2.75, 3.05) is 20.2 Å². The predicted molar refractivity (Wildman–Crippen MR) is 164 cm³/mol. The van der Waals surface area contributed by atoms with Crippen molar-refractivity contribution in [1.29, 1.82) is 0 Å². The number of piperidine rings is 1. The first kappa shape index (κ1) is 32.2. The first-order valence-electron chi connectivity index (χ1n) is 14.9. The number of carbonyl (C=O) groups excluding carboxylic acids is 2. The molecule has 1 atom stereocenters. The number of fused-ring (bicyclic) bond motifs is 2. The zero-order valence-electron chi connectivity index (χ0n) is 26.9. The van der Waals surface area contributed by atoms with Crippen LogP contribution in [0, 0.1) is 0 Å². The minimum atomic E-state index is -4.50. The van der Waals surface area contributed by atoms with Gasteiger partial charge in [0.05, 0.1) is 24.6 Å². The van der Waals surface area contributed by atoms with E-state index in [9.17, 15) is 22.8 Å². The molecule has 5 rings (SSSR count). The summed E-state index contributed by atoms with van der Waals surface area (Å²) in [6, 6.07) is 4.62. The standard InChI is InChI=1S/C32H40F3N5O5/c1-30(2,3)23-20(27(41)39-12-9-10-19(16-39)36-29(42)45-31(4,5)6)15-22(43-8)25-24(23)37-26(38(25)7)21-14-18-11-13-44-28(18)40(21)17-32(33,34)35/h11,13-15,19H,9-10,12,16-17H2,1-8H3,(H,36,42)/t19-/m1/s1. The SMILES string of the molecule is COc1cc(C(=O)N2CCC[C@@H](NC(=O)OC(C)(C)C)C2)c(C(C)(C)C)c2nc(-c3cc4ccoc4n3CC(F)(F)F)n(C)c12. The molecular weight excluding hydrogens is 591 g/mol. The maximum atomic E-state index is 14.2. The van der Waals surface area contributed by atoms with Crippen LogP contribution in [0.5, 0.6) is 5.75 Å². The van der Waals surface area contributed by atoms with Crippen LogP contribution in [0.4, 0.5) is 18.0 Å². The molecule has 4 heterocycles. The fourth-order valence-electron chi connectivity index (χ4n) is 6.09. The van der Waals surface area contributed by atoms with Crippen molar-refractivity contribution in [3.05, 3.63) is 35.6 Å². The van der Waals surface area contributed by atoms with E-state index < -0.39 is 29.8 Å². The third kappa shape index (κ3) is 6.48. The Bertz CT molecular complexity index is 1750. The first-order valence-corrected chi connectivity index (χ1v) is 14.9. The Morgan fingerprint density at radius 3 is 2.47 bits per heavy atom. The molecule has 13 heteroatoms. The van der Waals surface area contributed by atoms with Gasteiger partial charge in [-0.05, 0) is 62.8 Å². The Kier molecular flexibility index (Phi) is 8.12. The number of hydrogen-bond donors (Lipinski definition) is 1. The molecule has 0 unspecified atom stereocenters. The second-order valence-electron chi connectivity index (χ2n) is 13.6. The summed E-state index contributed by atoms with van der Waals surface area (Å²) in [5.74, 6) is 0.385. The van der Waals surface area contributed by atoms with Crippen molar-refractivity contribution in [1.82, 2.24) is 24.3 Å². The van der Waals surface area contributed by atoms with Gasteiger partial charge in [0, 0.05) is 37.1 Å². The number of likely N-dealkylation sites (tertiary alicyclic amines) is 1. The molecule has 3 aromatic heterocycles. The number of hydrogen-bond acceptors (Lipinski definition) is 6. The Labute approximate surface area is 259 Å². The Balaban J connectivity index is 1.61. The van der Waals surface area contributed by atoms with Crippen molar-refractivity contribution in [2.24, 2.45) is 7.05 Å². The molecule has 45 heavy (non-hydrogen) atoms. The Hall–Kier alpha value is -4.16. The highest BCUT2D eigenvalue weighted by molar-refractivity contribution is 6.03. The number of alkyl halides is 3. The van der Waals surface area contributed by atoms with E-state index in [-0.39, 0.29) is 29.2 Å². The molecule has 0 spiro atoms. The number of imidazole rings is 1. The average Bonchev–Trinajstić information content (AvgIpc) is 3.59. The lowest BCUT2D eigenvalue weighted by Gasteiger charge is -2.35. The van der Waals surface area contributed by atoms with Gasteiger partial charge < -0.3 is 28.7 Å². The third-order valence-electron chi connectivity index (χ3n) is 7.81. The first-order chi connectivity index (χ1) is 20.9. The molecule has 2 amide bonds. The van der Waals surface area contributed by atoms with Gasteiger partial charge in [0.1, 0.15) is 23.4 Å². The van der Waals surface area contributed by atoms with Gasteiger partial charge in [-0.1, -0.05) is 20.8 Å². The zero-order chi connectivity index (χ0) is 33.1. The molecule has 0 radical (unpaired) electrons. The molecule has 1 saturated heterocycles. The van der Waals surface area contributed by atoms with Gasteiger partial charge in [-0.15, -0.1) is 0 Å². The van der Waals surface area contributed by atoms with Gasteiger partial charge in [0.15, 0.2) is 5.82 Å². The minimum Gasteiger partial charge on any atom is -0.494 e. The van der Waals surface area contributed by atoms with Gasteiger partial charge in [-0.25, -0.2) is 9.78 Å². The summed E-state index contributed by atoms with van der Waals surface area (Å²) >= 11 is 0. The quantitative estimate of drug-likeness (QED) is 0.260. The summed E-state index contributed by atoms with van der Waals surface area (Å²) < 4.78 is 60.5. The fraction of sp³-hybridized carbons (Fsp3) is 0.531. The number of amides is 2. The van der Waals surface area contributed by atoms with Gasteiger partial charge in [-0.2, -0.15) is 13.2 Å². The van der Waals surface area contributed by atoms with Crippen LogP contribution < -0.4 is 10.1 Å². The lowest BCUT2D eigenvalue weighted by atomic mass is 9.82. The molecule has 244 valence electrons. The number of furan rings is 1. The number of nitrogens with one attached hydrogen (secondary N) is 1. The molecule has 1 fully saturated rings. The topological polar surface area (TPSA) is 104 Å². The third-order valence-corrected chi connectivity index (χ3v) is 7.81. The van der Waals surface area contributed by atoms with Crippen LogP contribution in [-0.2, 0) is 23.7 Å². The number of alkyl carbamates (subject to hydrolysis) is 1. The molecule has 0 saturated carbocycles. The highest BCUT2D eigenvalue weighted by Gasteiger charge is 2.36. The van der Waals surface area contributed by atoms with Gasteiger partial charge in [0.2, 0.25) is 5.71 Å². The van der Waals surface area contributed by atoms with E-state index in [4.69, 9.17) is 18.9 Å². The summed E-state index contributed by atoms with van der Waals surface area (Å²) in [4.78, 5) is 33.3. The van der Waals surface area contributed by atoms with Crippen molar-refractivity contribution in [3.63, 3.8) is 0 Å². The predicted octanol–water partition coefficient (Wildman–Crippen LogP) is 6.79. The largest absolute Gasteiger partial charge is 0.494 e. The number of halogens is 3. The second kappa shape index (κ2) is 11.3. The Morgan fingerprint density at radius 1 is 1.13 bits per heavy atom. The van der Waals surface area contributed by atoms with E-state index in [2.05, 4.69) is 5.32 Å². The van der Waals surface area contributed by atoms with Crippen molar-refractivity contribution in [2.45, 2.75) is 84.2 Å². The molecule has 1 aliphatic rings. The monoisotopic (exact) mass is 631 g/mol. The van der Waals surface area contributed by atoms with E-state index in [1.54, 1.807) is 55.5 Å². The molecule has 4 aromatic rings. The van der Waals surface area contributed by atoms with Crippen molar-refractivity contribution in [3.8, 4) is 17.3 Å². The van der Waals surface area contributed by atoms with Crippen LogP contribution in [-0.4, -0.2) is 69.0 Å². The molecule has 0 aliphatic carbocycles. The van der Waals surface area contributed by atoms with Gasteiger partial charge in [-0.3, -0.25) is 9.36 Å². The minimum absolute atomic E-state index is 0.0906. The number of nitrogens with zero attached hydrogens (tertiary/aromatic N) is 4. The summed E-state index contributed by atoms with van der Waals surface area (Å²) in [5.41, 5.74) is 1.11. The molecular formula is C32H40F3N5O5. The lowest BCUT2D eigenvalue weighted by molar-refractivity contribution is -0.140. The zero-order valence-corrected chi connectivity index (χ0v) is 26.9. The Morgan fingerprint density at radius 2 is 1.84 bits per heavy atom. The number of methoxy groups -OCH3 is 1. The number of rotatable bonds is 5. The summed E-state index contributed by atoms with van der Waals surface area (Å²) in [5, 5.41) is 3.40. The van der Waals surface area contributed by atoms with E-state index in [0.29, 0.717) is 59.2 Å².